The highest BCUT2D eigenvalue weighted by Crippen LogP contribution is 2.40. The summed E-state index contributed by atoms with van der Waals surface area (Å²) in [6.07, 6.45) is -0.852. The molecule has 2 saturated heterocycles. The zero-order valence-corrected chi connectivity index (χ0v) is 13.3. The molecule has 132 valence electrons. The van der Waals surface area contributed by atoms with E-state index in [1.807, 2.05) is 0 Å². The quantitative estimate of drug-likeness (QED) is 0.264. The Morgan fingerprint density at radius 3 is 2.60 bits per heavy atom. The van der Waals surface area contributed by atoms with Crippen molar-refractivity contribution in [2.75, 3.05) is 0 Å². The molecule has 0 aliphatic carbocycles. The molecule has 4 atom stereocenters. The Morgan fingerprint density at radius 2 is 2.04 bits per heavy atom. The number of β-lactam (4-membered cyclic amide) rings is 1. The van der Waals surface area contributed by atoms with Gasteiger partial charge in [0.25, 0.3) is 5.69 Å². The Kier molecular flexibility index (Phi) is 4.25. The summed E-state index contributed by atoms with van der Waals surface area (Å²) in [6.45, 7) is 1.32. The number of hydrogen-bond acceptors (Lipinski definition) is 7. The smallest absolute Gasteiger partial charge is 0.337 e. The van der Waals surface area contributed by atoms with Crippen LogP contribution in [0.25, 0.3) is 0 Å². The molecule has 2 fully saturated rings. The molecular formula is C16H16N2O7. The Hall–Kier alpha value is -2.81. The number of hydrogen-bond donors (Lipinski definition) is 1. The maximum atomic E-state index is 12.2. The average Bonchev–Trinajstić information content (AvgIpc) is 2.85. The molecular weight excluding hydrogens is 332 g/mol. The summed E-state index contributed by atoms with van der Waals surface area (Å²) in [6, 6.07) is 3.73. The monoisotopic (exact) mass is 348 g/mol. The molecule has 2 heterocycles. The van der Waals surface area contributed by atoms with Crippen LogP contribution in [0.2, 0.25) is 0 Å². The maximum absolute atomic E-state index is 12.2. The lowest BCUT2D eigenvalue weighted by atomic mass is 9.84. The molecule has 9 nitrogen and oxygen atoms in total. The van der Waals surface area contributed by atoms with Gasteiger partial charge >= 0.3 is 5.97 Å². The molecule has 0 saturated carbocycles. The van der Waals surface area contributed by atoms with Gasteiger partial charge in [-0.2, -0.15) is 0 Å². The van der Waals surface area contributed by atoms with Gasteiger partial charge in [0.05, 0.1) is 23.0 Å². The maximum Gasteiger partial charge on any atom is 0.337 e. The van der Waals surface area contributed by atoms with E-state index in [9.17, 15) is 29.6 Å². The standard InChI is InChI=1S/C16H16N2O7/c1-8(19)13-11-6-12(20)14(17(11)15(13)21)16(22)25-7-9-2-4-10(5-3-9)18(23)24/h2-5,8,11,13-14,19H,6-7H2,1H3/t8-,11+,13-,14-/m0/s1. The number of Topliss-reactive ketones (excluding diaryl/α,β-unsaturated/α-hetero) is 1. The Balaban J connectivity index is 1.63. The number of carbonyl (C=O) groups is 3. The van der Waals surface area contributed by atoms with Gasteiger partial charge in [-0.15, -0.1) is 0 Å². The minimum absolute atomic E-state index is 0.0264. The van der Waals surface area contributed by atoms with Crippen LogP contribution in [0.5, 0.6) is 0 Å². The van der Waals surface area contributed by atoms with Crippen LogP contribution >= 0.6 is 0 Å². The predicted molar refractivity (Wildman–Crippen MR) is 82.1 cm³/mol. The number of esters is 1. The zero-order valence-electron chi connectivity index (χ0n) is 13.3. The van der Waals surface area contributed by atoms with Gasteiger partial charge in [0.1, 0.15) is 6.61 Å². The molecule has 2 aliphatic heterocycles. The highest BCUT2D eigenvalue weighted by atomic mass is 16.6. The number of non-ortho nitro benzene ring substituents is 1. The first-order valence-electron chi connectivity index (χ1n) is 7.74. The summed E-state index contributed by atoms with van der Waals surface area (Å²) in [5, 5.41) is 20.2. The number of benzene rings is 1. The Labute approximate surface area is 142 Å². The van der Waals surface area contributed by atoms with Gasteiger partial charge in [-0.1, -0.05) is 0 Å². The number of rotatable bonds is 5. The summed E-state index contributed by atoms with van der Waals surface area (Å²) in [4.78, 5) is 47.6. The third kappa shape index (κ3) is 2.86. The molecule has 9 heteroatoms. The largest absolute Gasteiger partial charge is 0.459 e. The van der Waals surface area contributed by atoms with E-state index in [0.717, 1.165) is 0 Å². The van der Waals surface area contributed by atoms with Crippen LogP contribution in [0.1, 0.15) is 18.9 Å². The molecule has 1 N–H and O–H groups in total. The first-order chi connectivity index (χ1) is 11.8. The predicted octanol–water partition coefficient (Wildman–Crippen LogP) is 0.187. The molecule has 2 aliphatic rings. The molecule has 0 spiro atoms. The van der Waals surface area contributed by atoms with Gasteiger partial charge in [-0.25, -0.2) is 4.79 Å². The first kappa shape index (κ1) is 17.0. The summed E-state index contributed by atoms with van der Waals surface area (Å²) in [7, 11) is 0. The third-order valence-corrected chi connectivity index (χ3v) is 4.58. The number of ketones is 1. The molecule has 0 radical (unpaired) electrons. The zero-order chi connectivity index (χ0) is 18.3. The van der Waals surface area contributed by atoms with Crippen molar-refractivity contribution in [1.82, 2.24) is 4.90 Å². The van der Waals surface area contributed by atoms with Crippen LogP contribution < -0.4 is 0 Å². The number of fused-ring (bicyclic) bond motifs is 1. The molecule has 25 heavy (non-hydrogen) atoms. The van der Waals surface area contributed by atoms with Gasteiger partial charge in [0.15, 0.2) is 11.8 Å². The normalized spacial score (nSPS) is 26.0. The second-order valence-electron chi connectivity index (χ2n) is 6.18. The van der Waals surface area contributed by atoms with Crippen LogP contribution in [0, 0.1) is 16.0 Å². The Bertz CT molecular complexity index is 743. The number of nitro groups is 1. The molecule has 3 rings (SSSR count). The summed E-state index contributed by atoms with van der Waals surface area (Å²) in [5.41, 5.74) is 0.442. The number of nitro benzene ring substituents is 1. The van der Waals surface area contributed by atoms with E-state index >= 15 is 0 Å². The van der Waals surface area contributed by atoms with E-state index in [1.165, 1.54) is 36.1 Å². The van der Waals surface area contributed by atoms with Gasteiger partial charge in [-0.3, -0.25) is 19.7 Å². The van der Waals surface area contributed by atoms with Gasteiger partial charge in [-0.05, 0) is 24.6 Å². The number of carbonyl (C=O) groups excluding carboxylic acids is 3. The molecule has 1 aromatic carbocycles. The summed E-state index contributed by atoms with van der Waals surface area (Å²) < 4.78 is 5.09. The van der Waals surface area contributed by atoms with Crippen molar-refractivity contribution in [2.45, 2.75) is 38.1 Å². The second-order valence-corrected chi connectivity index (χ2v) is 6.18. The number of aliphatic hydroxyl groups excluding tert-OH is 1. The average molecular weight is 348 g/mol. The Morgan fingerprint density at radius 1 is 1.40 bits per heavy atom. The third-order valence-electron chi connectivity index (χ3n) is 4.58. The number of amides is 1. The van der Waals surface area contributed by atoms with E-state index in [4.69, 9.17) is 4.74 Å². The van der Waals surface area contributed by atoms with E-state index in [2.05, 4.69) is 0 Å². The summed E-state index contributed by atoms with van der Waals surface area (Å²) in [5.74, 6) is -2.32. The van der Waals surface area contributed by atoms with Crippen molar-refractivity contribution in [3.05, 3.63) is 39.9 Å². The van der Waals surface area contributed by atoms with Crippen LogP contribution in [-0.4, -0.2) is 50.8 Å². The van der Waals surface area contributed by atoms with Crippen molar-refractivity contribution in [3.63, 3.8) is 0 Å². The van der Waals surface area contributed by atoms with Crippen molar-refractivity contribution in [2.24, 2.45) is 5.92 Å². The number of nitrogens with zero attached hydrogens (tertiary/aromatic N) is 2. The minimum atomic E-state index is -1.27. The van der Waals surface area contributed by atoms with E-state index < -0.39 is 46.7 Å². The van der Waals surface area contributed by atoms with Crippen LogP contribution in [0.3, 0.4) is 0 Å². The first-order valence-corrected chi connectivity index (χ1v) is 7.74. The van der Waals surface area contributed by atoms with E-state index in [1.54, 1.807) is 0 Å². The van der Waals surface area contributed by atoms with Crippen LogP contribution in [0.4, 0.5) is 5.69 Å². The molecule has 0 unspecified atom stereocenters. The van der Waals surface area contributed by atoms with Crippen molar-refractivity contribution in [3.8, 4) is 0 Å². The van der Waals surface area contributed by atoms with Gasteiger partial charge < -0.3 is 14.7 Å². The fourth-order valence-electron chi connectivity index (χ4n) is 3.33. The van der Waals surface area contributed by atoms with Crippen LogP contribution in [-0.2, 0) is 25.7 Å². The van der Waals surface area contributed by atoms with Crippen molar-refractivity contribution in [1.29, 1.82) is 0 Å². The van der Waals surface area contributed by atoms with Gasteiger partial charge in [0.2, 0.25) is 5.91 Å². The topological polar surface area (TPSA) is 127 Å². The SMILES string of the molecule is C[C@H](O)[C@@H]1C(=O)N2[C@H](C(=O)OCc3ccc([N+](=O)[O-])cc3)C(=O)C[C@H]12. The van der Waals surface area contributed by atoms with Gasteiger partial charge in [0, 0.05) is 18.6 Å². The lowest BCUT2D eigenvalue weighted by Gasteiger charge is -2.45. The van der Waals surface area contributed by atoms with E-state index in [-0.39, 0.29) is 18.7 Å². The fraction of sp³-hybridized carbons (Fsp3) is 0.438. The van der Waals surface area contributed by atoms with Crippen molar-refractivity contribution >= 4 is 23.3 Å². The molecule has 0 bridgehead atoms. The fourth-order valence-corrected chi connectivity index (χ4v) is 3.33. The molecule has 0 aromatic heterocycles. The molecule has 1 aromatic rings. The summed E-state index contributed by atoms with van der Waals surface area (Å²) >= 11 is 0. The highest BCUT2D eigenvalue weighted by Gasteiger charge is 2.61. The van der Waals surface area contributed by atoms with Crippen molar-refractivity contribution < 1.29 is 29.2 Å². The highest BCUT2D eigenvalue weighted by molar-refractivity contribution is 6.11. The van der Waals surface area contributed by atoms with Crippen LogP contribution in [0.15, 0.2) is 24.3 Å². The van der Waals surface area contributed by atoms with E-state index in [0.29, 0.717) is 5.56 Å². The lowest BCUT2D eigenvalue weighted by Crippen LogP contribution is -2.64. The molecule has 1 amide bonds. The number of aliphatic hydroxyl groups is 1. The second kappa shape index (κ2) is 6.25. The number of ether oxygens (including phenoxy) is 1. The minimum Gasteiger partial charge on any atom is -0.459 e. The lowest BCUT2D eigenvalue weighted by molar-refractivity contribution is -0.384.